The highest BCUT2D eigenvalue weighted by atomic mass is 15.2. The molecule has 0 amide bonds. The molecule has 0 heterocycles. The Hall–Kier alpha value is -8.60. The Balaban J connectivity index is 0.000000192. The van der Waals surface area contributed by atoms with Crippen LogP contribution in [0, 0.1) is 41.5 Å². The average molecular weight is 1020 g/mol. The molecule has 10 rings (SSSR count). The second kappa shape index (κ2) is 26.0. The van der Waals surface area contributed by atoms with Crippen molar-refractivity contribution >= 4 is 68.2 Å². The number of hydrogen-bond donors (Lipinski definition) is 0. The van der Waals surface area contributed by atoms with Gasteiger partial charge in [0, 0.05) is 68.2 Å². The van der Waals surface area contributed by atoms with E-state index in [1.807, 2.05) is 0 Å². The molecule has 0 N–H and O–H groups in total. The van der Waals surface area contributed by atoms with Gasteiger partial charge in [-0.25, -0.2) is 0 Å². The van der Waals surface area contributed by atoms with Crippen molar-refractivity contribution < 1.29 is 0 Å². The fourth-order valence-corrected chi connectivity index (χ4v) is 9.84. The van der Waals surface area contributed by atoms with E-state index in [1.54, 1.807) is 0 Å². The number of unbranched alkanes of at least 4 members (excludes halogenated alkanes) is 2. The van der Waals surface area contributed by atoms with E-state index in [1.165, 1.54) is 81.6 Å². The van der Waals surface area contributed by atoms with Crippen molar-refractivity contribution in [2.24, 2.45) is 0 Å². The third kappa shape index (κ3) is 13.7. The first-order valence-corrected chi connectivity index (χ1v) is 28.0. The summed E-state index contributed by atoms with van der Waals surface area (Å²) in [6.45, 7) is 17.3. The summed E-state index contributed by atoms with van der Waals surface area (Å²) in [6.07, 6.45) is 7.14. The van der Waals surface area contributed by atoms with Crippen molar-refractivity contribution in [2.45, 2.75) is 93.9 Å². The number of nitrogens with zero attached hydrogens (tertiary/aromatic N) is 4. The van der Waals surface area contributed by atoms with Crippen molar-refractivity contribution in [1.29, 1.82) is 0 Å². The van der Waals surface area contributed by atoms with Gasteiger partial charge in [-0.1, -0.05) is 157 Å². The second-order valence-corrected chi connectivity index (χ2v) is 20.9. The Kier molecular flexibility index (Phi) is 18.0. The standard InChI is InChI=1S/C40H44N2.C34H32N2/c1-5-7-9-33-15-23-37(24-16-33)41(35-19-11-31(3)12-20-35)39-27-29-40(30-28-39)42(36-21-13-32(4)14-22-36)38-25-17-34(18-26-38)10-8-6-2;1-25-5-13-29(14-6-25)35(30-15-7-26(2)8-16-30)33-21-23-34(24-22-33)36(31-17-9-27(3)10-18-31)32-19-11-28(4)12-20-32/h11-30H,5-10H2,1-4H3;5-24H,1-4H3. The Morgan fingerprint density at radius 3 is 0.462 bits per heavy atom. The van der Waals surface area contributed by atoms with Crippen LogP contribution in [0.4, 0.5) is 68.2 Å². The molecule has 0 atom stereocenters. The van der Waals surface area contributed by atoms with Crippen LogP contribution in [0.5, 0.6) is 0 Å². The lowest BCUT2D eigenvalue weighted by atomic mass is 10.1. The molecule has 0 aliphatic rings. The molecule has 0 saturated heterocycles. The summed E-state index contributed by atoms with van der Waals surface area (Å²) in [6, 6.07) is 88.5. The Bertz CT molecular complexity index is 3080. The normalized spacial score (nSPS) is 10.9. The minimum Gasteiger partial charge on any atom is -0.311 e. The molecule has 10 aromatic rings. The molecule has 0 fully saturated rings. The van der Waals surface area contributed by atoms with Crippen molar-refractivity contribution in [3.63, 3.8) is 0 Å². The first kappa shape index (κ1) is 54.2. The third-order valence-corrected chi connectivity index (χ3v) is 14.5. The van der Waals surface area contributed by atoms with Gasteiger partial charge in [0.1, 0.15) is 0 Å². The van der Waals surface area contributed by atoms with E-state index < -0.39 is 0 Å². The molecule has 0 aliphatic heterocycles. The lowest BCUT2D eigenvalue weighted by molar-refractivity contribution is 0.795. The molecule has 0 spiro atoms. The Morgan fingerprint density at radius 2 is 0.321 bits per heavy atom. The maximum Gasteiger partial charge on any atom is 0.0463 e. The van der Waals surface area contributed by atoms with E-state index >= 15 is 0 Å². The van der Waals surface area contributed by atoms with Gasteiger partial charge in [-0.15, -0.1) is 0 Å². The van der Waals surface area contributed by atoms with Crippen molar-refractivity contribution in [3.8, 4) is 0 Å². The molecule has 78 heavy (non-hydrogen) atoms. The van der Waals surface area contributed by atoms with Gasteiger partial charge in [0.25, 0.3) is 0 Å². The highest BCUT2D eigenvalue weighted by molar-refractivity contribution is 5.83. The van der Waals surface area contributed by atoms with E-state index in [2.05, 4.69) is 318 Å². The first-order chi connectivity index (χ1) is 38.0. The molecule has 0 aliphatic carbocycles. The van der Waals surface area contributed by atoms with Crippen LogP contribution < -0.4 is 19.6 Å². The molecule has 0 radical (unpaired) electrons. The van der Waals surface area contributed by atoms with Gasteiger partial charge in [0.2, 0.25) is 0 Å². The molecule has 4 heteroatoms. The summed E-state index contributed by atoms with van der Waals surface area (Å²) in [5.41, 5.74) is 24.1. The van der Waals surface area contributed by atoms with Crippen LogP contribution in [0.2, 0.25) is 0 Å². The molecule has 0 aromatic heterocycles. The molecule has 4 nitrogen and oxygen atoms in total. The predicted octanol–water partition coefficient (Wildman–Crippen LogP) is 21.8. The van der Waals surface area contributed by atoms with Crippen LogP contribution in [0.25, 0.3) is 0 Å². The van der Waals surface area contributed by atoms with Gasteiger partial charge >= 0.3 is 0 Å². The second-order valence-electron chi connectivity index (χ2n) is 20.9. The maximum atomic E-state index is 2.35. The minimum absolute atomic E-state index is 1.12. The number of rotatable bonds is 18. The van der Waals surface area contributed by atoms with Crippen LogP contribution in [0.15, 0.2) is 243 Å². The van der Waals surface area contributed by atoms with Crippen molar-refractivity contribution in [1.82, 2.24) is 0 Å². The summed E-state index contributed by atoms with van der Waals surface area (Å²) < 4.78 is 0. The molecule has 392 valence electrons. The molecule has 0 bridgehead atoms. The third-order valence-electron chi connectivity index (χ3n) is 14.5. The van der Waals surface area contributed by atoms with Crippen LogP contribution >= 0.6 is 0 Å². The van der Waals surface area contributed by atoms with E-state index in [-0.39, 0.29) is 0 Å². The Labute approximate surface area is 466 Å². The number of anilines is 12. The quantitative estimate of drug-likeness (QED) is 0.0849. The van der Waals surface area contributed by atoms with Crippen LogP contribution in [0.3, 0.4) is 0 Å². The van der Waals surface area contributed by atoms with Gasteiger partial charge in [-0.05, 0) is 224 Å². The van der Waals surface area contributed by atoms with Gasteiger partial charge in [-0.2, -0.15) is 0 Å². The zero-order valence-corrected chi connectivity index (χ0v) is 47.1. The van der Waals surface area contributed by atoms with Crippen LogP contribution in [-0.4, -0.2) is 0 Å². The lowest BCUT2D eigenvalue weighted by Gasteiger charge is -2.28. The minimum atomic E-state index is 1.12. The summed E-state index contributed by atoms with van der Waals surface area (Å²) in [5.74, 6) is 0. The van der Waals surface area contributed by atoms with E-state index in [9.17, 15) is 0 Å². The van der Waals surface area contributed by atoms with Crippen molar-refractivity contribution in [2.75, 3.05) is 19.6 Å². The summed E-state index contributed by atoms with van der Waals surface area (Å²) >= 11 is 0. The largest absolute Gasteiger partial charge is 0.311 e. The number of benzene rings is 10. The smallest absolute Gasteiger partial charge is 0.0463 e. The van der Waals surface area contributed by atoms with Crippen LogP contribution in [0.1, 0.15) is 84.0 Å². The maximum absolute atomic E-state index is 2.35. The van der Waals surface area contributed by atoms with Gasteiger partial charge in [0.05, 0.1) is 0 Å². The van der Waals surface area contributed by atoms with E-state index in [4.69, 9.17) is 0 Å². The molecule has 0 saturated carbocycles. The molecular weight excluding hydrogens is 945 g/mol. The number of hydrogen-bond acceptors (Lipinski definition) is 4. The SMILES string of the molecule is CCCCc1ccc(N(c2ccc(C)cc2)c2ccc(N(c3ccc(C)cc3)c3ccc(CCCC)cc3)cc2)cc1.Cc1ccc(N(c2ccc(C)cc2)c2ccc(N(c3ccc(C)cc3)c3ccc(C)cc3)cc2)cc1. The summed E-state index contributed by atoms with van der Waals surface area (Å²) in [7, 11) is 0. The fraction of sp³-hybridized carbons (Fsp3) is 0.189. The van der Waals surface area contributed by atoms with Gasteiger partial charge in [0.15, 0.2) is 0 Å². The average Bonchev–Trinajstić information content (AvgIpc) is 3.48. The zero-order chi connectivity index (χ0) is 54.4. The zero-order valence-electron chi connectivity index (χ0n) is 47.1. The predicted molar refractivity (Wildman–Crippen MR) is 337 cm³/mol. The molecule has 10 aromatic carbocycles. The molecular formula is C74H76N4. The van der Waals surface area contributed by atoms with Gasteiger partial charge < -0.3 is 19.6 Å². The topological polar surface area (TPSA) is 13.0 Å². The van der Waals surface area contributed by atoms with E-state index in [0.717, 1.165) is 69.7 Å². The van der Waals surface area contributed by atoms with E-state index in [0.29, 0.717) is 0 Å². The highest BCUT2D eigenvalue weighted by Crippen LogP contribution is 2.42. The number of aryl methyl sites for hydroxylation is 8. The fourth-order valence-electron chi connectivity index (χ4n) is 9.84. The first-order valence-electron chi connectivity index (χ1n) is 28.0. The Morgan fingerprint density at radius 1 is 0.192 bits per heavy atom. The van der Waals surface area contributed by atoms with Crippen molar-refractivity contribution in [3.05, 3.63) is 287 Å². The van der Waals surface area contributed by atoms with Gasteiger partial charge in [-0.3, -0.25) is 0 Å². The van der Waals surface area contributed by atoms with Crippen LogP contribution in [-0.2, 0) is 12.8 Å². The monoisotopic (exact) mass is 1020 g/mol. The summed E-state index contributed by atoms with van der Waals surface area (Å²) in [5, 5.41) is 0. The highest BCUT2D eigenvalue weighted by Gasteiger charge is 2.19. The lowest BCUT2D eigenvalue weighted by Crippen LogP contribution is -2.12. The summed E-state index contributed by atoms with van der Waals surface area (Å²) in [4.78, 5) is 9.33. The molecule has 0 unspecified atom stereocenters.